The molecule has 1 aromatic heterocycles. The maximum atomic E-state index is 12.5. The number of alkyl halides is 3. The molecule has 1 N–H and O–H groups in total. The fraction of sp³-hybridized carbons (Fsp3) is 0.368. The van der Waals surface area contributed by atoms with E-state index in [4.69, 9.17) is 16.3 Å². The van der Waals surface area contributed by atoms with E-state index in [-0.39, 0.29) is 23.9 Å². The van der Waals surface area contributed by atoms with Crippen molar-refractivity contribution in [3.8, 4) is 5.88 Å². The van der Waals surface area contributed by atoms with Gasteiger partial charge in [0.15, 0.2) is 0 Å². The summed E-state index contributed by atoms with van der Waals surface area (Å²) >= 11 is 5.82. The van der Waals surface area contributed by atoms with Gasteiger partial charge in [-0.2, -0.15) is 13.2 Å². The molecule has 1 amide bonds. The minimum atomic E-state index is -4.41. The van der Waals surface area contributed by atoms with Gasteiger partial charge in [-0.3, -0.25) is 4.79 Å². The van der Waals surface area contributed by atoms with Gasteiger partial charge in [-0.05, 0) is 56.0 Å². The van der Waals surface area contributed by atoms with Crippen LogP contribution in [0.2, 0.25) is 5.02 Å². The number of amides is 1. The molecule has 0 aliphatic heterocycles. The van der Waals surface area contributed by atoms with Gasteiger partial charge in [-0.1, -0.05) is 11.6 Å². The molecular weight excluding hydrogens is 381 g/mol. The Morgan fingerprint density at radius 3 is 2.30 bits per heavy atom. The Labute approximate surface area is 159 Å². The smallest absolute Gasteiger partial charge is 0.417 e. The molecule has 1 aliphatic carbocycles. The largest absolute Gasteiger partial charge is 0.474 e. The summed E-state index contributed by atoms with van der Waals surface area (Å²) in [7, 11) is 0. The summed E-state index contributed by atoms with van der Waals surface area (Å²) in [5.41, 5.74) is -0.254. The van der Waals surface area contributed by atoms with Gasteiger partial charge in [-0.25, -0.2) is 4.98 Å². The van der Waals surface area contributed by atoms with Crippen LogP contribution < -0.4 is 10.1 Å². The molecule has 8 heteroatoms. The highest BCUT2D eigenvalue weighted by Gasteiger charge is 2.31. The summed E-state index contributed by atoms with van der Waals surface area (Å²) in [6.45, 7) is 0. The number of hydrogen-bond acceptors (Lipinski definition) is 3. The third-order valence-corrected chi connectivity index (χ3v) is 4.72. The highest BCUT2D eigenvalue weighted by molar-refractivity contribution is 6.30. The average molecular weight is 399 g/mol. The molecule has 27 heavy (non-hydrogen) atoms. The van der Waals surface area contributed by atoms with E-state index in [2.05, 4.69) is 10.3 Å². The highest BCUT2D eigenvalue weighted by atomic mass is 35.5. The van der Waals surface area contributed by atoms with E-state index in [1.165, 1.54) is 6.07 Å². The topological polar surface area (TPSA) is 51.2 Å². The van der Waals surface area contributed by atoms with Crippen molar-refractivity contribution >= 4 is 17.5 Å². The molecule has 1 fully saturated rings. The van der Waals surface area contributed by atoms with Crippen molar-refractivity contribution < 1.29 is 22.7 Å². The van der Waals surface area contributed by atoms with E-state index in [1.54, 1.807) is 24.3 Å². The summed E-state index contributed by atoms with van der Waals surface area (Å²) < 4.78 is 43.3. The summed E-state index contributed by atoms with van der Waals surface area (Å²) in [5, 5.41) is 3.56. The molecular formula is C19H18ClF3N2O2. The number of ether oxygens (including phenoxy) is 1. The number of halogens is 4. The van der Waals surface area contributed by atoms with Crippen LogP contribution in [0.1, 0.15) is 41.6 Å². The van der Waals surface area contributed by atoms with Gasteiger partial charge in [0.2, 0.25) is 5.88 Å². The fourth-order valence-electron chi connectivity index (χ4n) is 2.98. The predicted molar refractivity (Wildman–Crippen MR) is 94.8 cm³/mol. The van der Waals surface area contributed by atoms with E-state index >= 15 is 0 Å². The van der Waals surface area contributed by atoms with Crippen molar-refractivity contribution in [3.05, 3.63) is 58.7 Å². The Bertz CT molecular complexity index is 771. The van der Waals surface area contributed by atoms with Gasteiger partial charge < -0.3 is 10.1 Å². The summed E-state index contributed by atoms with van der Waals surface area (Å²) in [6.07, 6.45) is -0.935. The number of nitrogens with one attached hydrogen (secondary N) is 1. The standard InChI is InChI=1S/C19H18ClF3N2O2/c20-14-4-1-12(2-5-14)18(26)25-15-6-8-16(9-7-15)27-17-10-3-13(11-24-17)19(21,22)23/h1-5,10-11,15-16H,6-9H2,(H,25,26). The van der Waals surface area contributed by atoms with Gasteiger partial charge in [0.1, 0.15) is 6.10 Å². The first kappa shape index (κ1) is 19.5. The molecule has 1 aliphatic rings. The quantitative estimate of drug-likeness (QED) is 0.799. The lowest BCUT2D eigenvalue weighted by Crippen LogP contribution is -2.39. The third kappa shape index (κ3) is 5.35. The Kier molecular flexibility index (Phi) is 5.89. The second-order valence-electron chi connectivity index (χ2n) is 6.45. The number of carbonyl (C=O) groups excluding carboxylic acids is 1. The maximum absolute atomic E-state index is 12.5. The van der Waals surface area contributed by atoms with Crippen LogP contribution in [0, 0.1) is 0 Å². The normalized spacial score (nSPS) is 20.1. The van der Waals surface area contributed by atoms with Gasteiger partial charge in [-0.15, -0.1) is 0 Å². The van der Waals surface area contributed by atoms with Crippen molar-refractivity contribution in [3.63, 3.8) is 0 Å². The van der Waals surface area contributed by atoms with Crippen molar-refractivity contribution in [1.82, 2.24) is 10.3 Å². The molecule has 144 valence electrons. The zero-order valence-corrected chi connectivity index (χ0v) is 15.1. The number of carbonyl (C=O) groups is 1. The molecule has 1 aromatic carbocycles. The lowest BCUT2D eigenvalue weighted by molar-refractivity contribution is -0.137. The van der Waals surface area contributed by atoms with Crippen LogP contribution >= 0.6 is 11.6 Å². The number of aromatic nitrogens is 1. The fourth-order valence-corrected chi connectivity index (χ4v) is 3.11. The Morgan fingerprint density at radius 1 is 1.07 bits per heavy atom. The number of rotatable bonds is 4. The summed E-state index contributed by atoms with van der Waals surface area (Å²) in [5.74, 6) is 0.0251. The Balaban J connectivity index is 1.47. The number of benzene rings is 1. The van der Waals surface area contributed by atoms with Gasteiger partial charge in [0.25, 0.3) is 5.91 Å². The molecule has 2 aromatic rings. The Hall–Kier alpha value is -2.28. The van der Waals surface area contributed by atoms with Gasteiger partial charge in [0, 0.05) is 28.9 Å². The molecule has 4 nitrogen and oxygen atoms in total. The minimum absolute atomic E-state index is 0.0357. The lowest BCUT2D eigenvalue weighted by Gasteiger charge is -2.29. The minimum Gasteiger partial charge on any atom is -0.474 e. The predicted octanol–water partition coefficient (Wildman–Crippen LogP) is 4.87. The monoisotopic (exact) mass is 398 g/mol. The second-order valence-corrected chi connectivity index (χ2v) is 6.89. The molecule has 1 saturated carbocycles. The van der Waals surface area contributed by atoms with Crippen LogP contribution in [0.3, 0.4) is 0 Å². The van der Waals surface area contributed by atoms with Crippen LogP contribution in [0.4, 0.5) is 13.2 Å². The van der Waals surface area contributed by atoms with Crippen molar-refractivity contribution in [2.24, 2.45) is 0 Å². The molecule has 0 unspecified atom stereocenters. The van der Waals surface area contributed by atoms with Crippen LogP contribution in [-0.4, -0.2) is 23.0 Å². The van der Waals surface area contributed by atoms with Crippen LogP contribution in [0.5, 0.6) is 5.88 Å². The van der Waals surface area contributed by atoms with Crippen molar-refractivity contribution in [2.45, 2.75) is 44.0 Å². The number of pyridine rings is 1. The van der Waals surface area contributed by atoms with Crippen LogP contribution in [0.25, 0.3) is 0 Å². The molecule has 3 rings (SSSR count). The molecule has 1 heterocycles. The van der Waals surface area contributed by atoms with E-state index in [0.29, 0.717) is 23.4 Å². The number of nitrogens with zero attached hydrogens (tertiary/aromatic N) is 1. The molecule has 0 spiro atoms. The first-order chi connectivity index (χ1) is 12.8. The first-order valence-electron chi connectivity index (χ1n) is 8.57. The lowest BCUT2D eigenvalue weighted by atomic mass is 9.92. The summed E-state index contributed by atoms with van der Waals surface area (Å²) in [6, 6.07) is 8.90. The zero-order chi connectivity index (χ0) is 19.4. The molecule has 0 atom stereocenters. The molecule has 0 radical (unpaired) electrons. The molecule has 0 bridgehead atoms. The van der Waals surface area contributed by atoms with Gasteiger partial charge in [0.05, 0.1) is 5.56 Å². The van der Waals surface area contributed by atoms with E-state index in [9.17, 15) is 18.0 Å². The second kappa shape index (κ2) is 8.17. The zero-order valence-electron chi connectivity index (χ0n) is 14.3. The Morgan fingerprint density at radius 2 is 1.74 bits per heavy atom. The van der Waals surface area contributed by atoms with E-state index in [1.807, 2.05) is 0 Å². The third-order valence-electron chi connectivity index (χ3n) is 4.47. The maximum Gasteiger partial charge on any atom is 0.417 e. The first-order valence-corrected chi connectivity index (χ1v) is 8.95. The van der Waals surface area contributed by atoms with E-state index < -0.39 is 11.7 Å². The highest BCUT2D eigenvalue weighted by Crippen LogP contribution is 2.30. The SMILES string of the molecule is O=C(NC1CCC(Oc2ccc(C(F)(F)F)cn2)CC1)c1ccc(Cl)cc1. The van der Waals surface area contributed by atoms with Crippen LogP contribution in [0.15, 0.2) is 42.6 Å². The van der Waals surface area contributed by atoms with Crippen molar-refractivity contribution in [1.29, 1.82) is 0 Å². The summed E-state index contributed by atoms with van der Waals surface area (Å²) in [4.78, 5) is 16.0. The average Bonchev–Trinajstić information content (AvgIpc) is 2.63. The van der Waals surface area contributed by atoms with Crippen molar-refractivity contribution in [2.75, 3.05) is 0 Å². The van der Waals surface area contributed by atoms with Gasteiger partial charge >= 0.3 is 6.18 Å². The number of hydrogen-bond donors (Lipinski definition) is 1. The van der Waals surface area contributed by atoms with E-state index in [0.717, 1.165) is 25.1 Å². The van der Waals surface area contributed by atoms with Crippen LogP contribution in [-0.2, 0) is 6.18 Å². The molecule has 0 saturated heterocycles.